The van der Waals surface area contributed by atoms with Crippen molar-refractivity contribution in [1.29, 1.82) is 0 Å². The van der Waals surface area contributed by atoms with Gasteiger partial charge in [0.1, 0.15) is 16.5 Å². The van der Waals surface area contributed by atoms with E-state index in [4.69, 9.17) is 27.9 Å². The number of hydrogen-bond donors (Lipinski definition) is 1. The summed E-state index contributed by atoms with van der Waals surface area (Å²) < 4.78 is 7.14. The molecule has 2 amide bonds. The molecule has 0 aromatic carbocycles. The van der Waals surface area contributed by atoms with Crippen LogP contribution in [0.3, 0.4) is 0 Å². The quantitative estimate of drug-likeness (QED) is 0.436. The molecule has 0 saturated heterocycles. The van der Waals surface area contributed by atoms with Gasteiger partial charge in [-0.05, 0) is 57.8 Å². The van der Waals surface area contributed by atoms with Gasteiger partial charge < -0.3 is 4.74 Å². The van der Waals surface area contributed by atoms with E-state index < -0.39 is 23.1 Å². The summed E-state index contributed by atoms with van der Waals surface area (Å²) in [5, 5.41) is 6.52. The van der Waals surface area contributed by atoms with Crippen molar-refractivity contribution in [2.75, 3.05) is 11.6 Å². The summed E-state index contributed by atoms with van der Waals surface area (Å²) in [5.74, 6) is -0.0419. The number of ether oxygens (including phenoxy) is 1. The smallest absolute Gasteiger partial charge is 0.414 e. The number of alkyl halides is 1. The van der Waals surface area contributed by atoms with Crippen LogP contribution >= 0.6 is 35.0 Å². The lowest BCUT2D eigenvalue weighted by atomic mass is 9.69. The first-order valence-corrected chi connectivity index (χ1v) is 12.6. The van der Waals surface area contributed by atoms with Crippen molar-refractivity contribution < 1.29 is 14.3 Å². The van der Waals surface area contributed by atoms with Crippen molar-refractivity contribution >= 4 is 47.0 Å². The van der Waals surface area contributed by atoms with Crippen molar-refractivity contribution in [3.05, 3.63) is 21.6 Å². The fourth-order valence-electron chi connectivity index (χ4n) is 3.86. The number of thioether (sulfide) groups is 1. The Labute approximate surface area is 203 Å². The maximum absolute atomic E-state index is 12.7. The van der Waals surface area contributed by atoms with Crippen molar-refractivity contribution in [2.24, 2.45) is 11.3 Å². The van der Waals surface area contributed by atoms with Gasteiger partial charge >= 0.3 is 6.09 Å². The Kier molecular flexibility index (Phi) is 8.73. The standard InChI is InChI=1S/C22H33Cl2N3O4S/c1-20(2,3)14-7-9-22(10-8-14,31-19(30)26-16(28)11-23)13-32-15-12-25-27(21(4,5)6)18(29)17(15)24/h12,14H,7-11,13H2,1-6H3,(H,26,28,30). The molecular weight excluding hydrogens is 473 g/mol. The number of nitrogens with zero attached hydrogens (tertiary/aromatic N) is 2. The number of halogens is 2. The van der Waals surface area contributed by atoms with E-state index in [0.29, 0.717) is 29.4 Å². The van der Waals surface area contributed by atoms with Gasteiger partial charge in [0, 0.05) is 5.75 Å². The second-order valence-corrected chi connectivity index (χ2v) is 12.1. The molecule has 1 aliphatic carbocycles. The number of alkyl carbamates (subject to hydrolysis) is 1. The largest absolute Gasteiger partial charge is 0.442 e. The Hall–Kier alpha value is -1.25. The van der Waals surface area contributed by atoms with Crippen LogP contribution in [0.4, 0.5) is 4.79 Å². The highest BCUT2D eigenvalue weighted by molar-refractivity contribution is 7.99. The lowest BCUT2D eigenvalue weighted by Gasteiger charge is -2.43. The Morgan fingerprint density at radius 1 is 1.25 bits per heavy atom. The van der Waals surface area contributed by atoms with Crippen molar-refractivity contribution in [1.82, 2.24) is 15.1 Å². The number of nitrogens with one attached hydrogen (secondary N) is 1. The van der Waals surface area contributed by atoms with Gasteiger partial charge in [0.25, 0.3) is 5.56 Å². The van der Waals surface area contributed by atoms with E-state index in [0.717, 1.165) is 12.8 Å². The van der Waals surface area contributed by atoms with Gasteiger partial charge in [-0.3, -0.25) is 14.9 Å². The average Bonchev–Trinajstić information content (AvgIpc) is 2.67. The van der Waals surface area contributed by atoms with Crippen LogP contribution in [-0.4, -0.2) is 39.0 Å². The number of imide groups is 1. The first-order valence-electron chi connectivity index (χ1n) is 10.7. The molecule has 10 heteroatoms. The van der Waals surface area contributed by atoms with Crippen LogP contribution in [0, 0.1) is 11.3 Å². The predicted molar refractivity (Wildman–Crippen MR) is 129 cm³/mol. The molecule has 0 unspecified atom stereocenters. The number of aromatic nitrogens is 2. The highest BCUT2D eigenvalue weighted by atomic mass is 35.5. The molecule has 1 aliphatic rings. The molecule has 1 heterocycles. The summed E-state index contributed by atoms with van der Waals surface area (Å²) in [6.07, 6.45) is 3.84. The van der Waals surface area contributed by atoms with E-state index in [1.54, 1.807) is 6.20 Å². The van der Waals surface area contributed by atoms with E-state index in [1.807, 2.05) is 20.8 Å². The Bertz CT molecular complexity index is 898. The van der Waals surface area contributed by atoms with Crippen LogP contribution in [0.25, 0.3) is 0 Å². The van der Waals surface area contributed by atoms with Crippen LogP contribution in [-0.2, 0) is 15.1 Å². The highest BCUT2D eigenvalue weighted by Crippen LogP contribution is 2.45. The average molecular weight is 506 g/mol. The Morgan fingerprint density at radius 2 is 1.84 bits per heavy atom. The van der Waals surface area contributed by atoms with Gasteiger partial charge in [-0.25, -0.2) is 9.48 Å². The maximum Gasteiger partial charge on any atom is 0.414 e. The zero-order valence-electron chi connectivity index (χ0n) is 19.6. The fraction of sp³-hybridized carbons (Fsp3) is 0.727. The van der Waals surface area contributed by atoms with Crippen LogP contribution in [0.1, 0.15) is 67.2 Å². The normalized spacial score (nSPS) is 21.8. The zero-order chi connectivity index (χ0) is 24.3. The van der Waals surface area contributed by atoms with Gasteiger partial charge in [-0.2, -0.15) is 5.10 Å². The molecule has 2 rings (SSSR count). The molecule has 0 spiro atoms. The molecule has 1 aromatic heterocycles. The van der Waals surface area contributed by atoms with Crippen molar-refractivity contribution in [3.8, 4) is 0 Å². The number of hydrogen-bond acceptors (Lipinski definition) is 6. The minimum atomic E-state index is -0.808. The summed E-state index contributed by atoms with van der Waals surface area (Å²) in [5.41, 5.74) is -1.49. The minimum Gasteiger partial charge on any atom is -0.442 e. The van der Waals surface area contributed by atoms with Crippen molar-refractivity contribution in [2.45, 2.75) is 83.3 Å². The van der Waals surface area contributed by atoms with E-state index >= 15 is 0 Å². The molecule has 0 aliphatic heterocycles. The van der Waals surface area contributed by atoms with Gasteiger partial charge in [0.15, 0.2) is 0 Å². The summed E-state index contributed by atoms with van der Waals surface area (Å²) in [6.45, 7) is 12.3. The first-order chi connectivity index (χ1) is 14.7. The third-order valence-corrected chi connectivity index (χ3v) is 7.82. The lowest BCUT2D eigenvalue weighted by molar-refractivity contribution is -0.118. The molecule has 0 bridgehead atoms. The molecule has 1 fully saturated rings. The molecule has 180 valence electrons. The molecule has 1 saturated carbocycles. The Morgan fingerprint density at radius 3 is 2.34 bits per heavy atom. The third-order valence-electron chi connectivity index (χ3n) is 5.81. The summed E-state index contributed by atoms with van der Waals surface area (Å²) in [6, 6.07) is 0. The van der Waals surface area contributed by atoms with Crippen LogP contribution < -0.4 is 10.9 Å². The minimum absolute atomic E-state index is 0.0974. The van der Waals surface area contributed by atoms with Crippen LogP contribution in [0.15, 0.2) is 15.9 Å². The van der Waals surface area contributed by atoms with E-state index in [2.05, 4.69) is 31.2 Å². The van der Waals surface area contributed by atoms with Gasteiger partial charge in [0.05, 0.1) is 16.6 Å². The van der Waals surface area contributed by atoms with E-state index in [9.17, 15) is 14.4 Å². The molecule has 0 radical (unpaired) electrons. The fourth-order valence-corrected chi connectivity index (χ4v) is 5.32. The van der Waals surface area contributed by atoms with Crippen LogP contribution in [0.2, 0.25) is 5.02 Å². The topological polar surface area (TPSA) is 90.3 Å². The van der Waals surface area contributed by atoms with Gasteiger partial charge in [0.2, 0.25) is 5.91 Å². The number of carbonyl (C=O) groups excluding carboxylic acids is 2. The molecule has 7 nitrogen and oxygen atoms in total. The summed E-state index contributed by atoms with van der Waals surface area (Å²) in [4.78, 5) is 37.1. The second kappa shape index (κ2) is 10.3. The maximum atomic E-state index is 12.7. The third kappa shape index (κ3) is 6.87. The molecule has 1 N–H and O–H groups in total. The zero-order valence-corrected chi connectivity index (χ0v) is 21.9. The Balaban J connectivity index is 2.22. The monoisotopic (exact) mass is 505 g/mol. The number of rotatable bonds is 5. The predicted octanol–water partition coefficient (Wildman–Crippen LogP) is 5.21. The van der Waals surface area contributed by atoms with Crippen LogP contribution in [0.5, 0.6) is 0 Å². The lowest BCUT2D eigenvalue weighted by Crippen LogP contribution is -2.46. The van der Waals surface area contributed by atoms with Crippen molar-refractivity contribution in [3.63, 3.8) is 0 Å². The van der Waals surface area contributed by atoms with E-state index in [1.165, 1.54) is 16.4 Å². The summed E-state index contributed by atoms with van der Waals surface area (Å²) in [7, 11) is 0. The van der Waals surface area contributed by atoms with E-state index in [-0.39, 0.29) is 21.9 Å². The summed E-state index contributed by atoms with van der Waals surface area (Å²) >= 11 is 13.2. The first kappa shape index (κ1) is 27.0. The molecule has 1 aromatic rings. The number of carbonyl (C=O) groups is 2. The van der Waals surface area contributed by atoms with Gasteiger partial charge in [-0.15, -0.1) is 23.4 Å². The number of amides is 2. The van der Waals surface area contributed by atoms with Gasteiger partial charge in [-0.1, -0.05) is 32.4 Å². The SMILES string of the molecule is CC(C)(C)C1CCC(CSc2cnn(C(C)(C)C)c(=O)c2Cl)(OC(=O)NC(=O)CCl)CC1. The molecule has 32 heavy (non-hydrogen) atoms. The molecule has 0 atom stereocenters. The highest BCUT2D eigenvalue weighted by Gasteiger charge is 2.42. The second-order valence-electron chi connectivity index (χ2n) is 10.4. The molecular formula is C22H33Cl2N3O4S.